The van der Waals surface area contributed by atoms with Gasteiger partial charge in [0.25, 0.3) is 0 Å². The molecule has 0 bridgehead atoms. The van der Waals surface area contributed by atoms with Crippen molar-refractivity contribution in [3.8, 4) is 0 Å². The largest absolute Gasteiger partial charge is 0.340 e. The summed E-state index contributed by atoms with van der Waals surface area (Å²) in [5.74, 6) is 0.343. The zero-order valence-electron chi connectivity index (χ0n) is 14.6. The Hall–Kier alpha value is -1.46. The van der Waals surface area contributed by atoms with Crippen molar-refractivity contribution in [1.29, 1.82) is 0 Å². The van der Waals surface area contributed by atoms with E-state index in [0.29, 0.717) is 12.5 Å². The molecule has 0 aliphatic carbocycles. The summed E-state index contributed by atoms with van der Waals surface area (Å²) in [5, 5.41) is 0. The maximum Gasteiger partial charge on any atom is 0.225 e. The van der Waals surface area contributed by atoms with Crippen molar-refractivity contribution in [2.24, 2.45) is 5.92 Å². The van der Waals surface area contributed by atoms with E-state index in [4.69, 9.17) is 0 Å². The van der Waals surface area contributed by atoms with Gasteiger partial charge in [-0.2, -0.15) is 0 Å². The zero-order chi connectivity index (χ0) is 16.9. The lowest BCUT2D eigenvalue weighted by Gasteiger charge is -2.38. The van der Waals surface area contributed by atoms with Gasteiger partial charge in [0.15, 0.2) is 0 Å². The van der Waals surface area contributed by atoms with Gasteiger partial charge >= 0.3 is 0 Å². The highest BCUT2D eigenvalue weighted by atomic mass is 19.1. The molecule has 1 aromatic rings. The molecular formula is C19H28FN3O. The first-order valence-electron chi connectivity index (χ1n) is 9.14. The maximum absolute atomic E-state index is 13.8. The van der Waals surface area contributed by atoms with E-state index in [1.54, 1.807) is 6.07 Å². The fourth-order valence-electron chi connectivity index (χ4n) is 3.75. The maximum atomic E-state index is 13.8. The van der Waals surface area contributed by atoms with E-state index in [-0.39, 0.29) is 11.7 Å². The van der Waals surface area contributed by atoms with Gasteiger partial charge < -0.3 is 9.80 Å². The summed E-state index contributed by atoms with van der Waals surface area (Å²) in [6.07, 6.45) is 1.78. The number of rotatable bonds is 4. The number of hydrogen-bond donors (Lipinski definition) is 0. The average Bonchev–Trinajstić information content (AvgIpc) is 2.64. The number of piperidine rings is 1. The molecule has 0 unspecified atom stereocenters. The number of hydrogen-bond acceptors (Lipinski definition) is 3. The molecule has 2 heterocycles. The standard InChI is InChI=1S/C19H28FN3O/c1-2-21-11-13-23(14-12-21)19(24)16-7-9-22(10-8-16)15-17-5-3-4-6-18(17)20/h3-6,16H,2,7-15H2,1H3. The fourth-order valence-corrected chi connectivity index (χ4v) is 3.75. The third kappa shape index (κ3) is 4.14. The van der Waals surface area contributed by atoms with E-state index in [1.165, 1.54) is 6.07 Å². The second kappa shape index (κ2) is 8.08. The fraction of sp³-hybridized carbons (Fsp3) is 0.632. The van der Waals surface area contributed by atoms with Crippen LogP contribution in [0.1, 0.15) is 25.3 Å². The first-order chi connectivity index (χ1) is 11.7. The van der Waals surface area contributed by atoms with Crippen LogP contribution in [0.3, 0.4) is 0 Å². The molecule has 2 saturated heterocycles. The number of carbonyl (C=O) groups excluding carboxylic acids is 1. The number of nitrogens with zero attached hydrogens (tertiary/aromatic N) is 3. The van der Waals surface area contributed by atoms with Crippen molar-refractivity contribution < 1.29 is 9.18 Å². The average molecular weight is 333 g/mol. The van der Waals surface area contributed by atoms with Gasteiger partial charge in [-0.1, -0.05) is 25.1 Å². The molecule has 4 nitrogen and oxygen atoms in total. The summed E-state index contributed by atoms with van der Waals surface area (Å²) >= 11 is 0. The molecule has 2 aliphatic heterocycles. The van der Waals surface area contributed by atoms with Crippen LogP contribution in [0.4, 0.5) is 4.39 Å². The lowest BCUT2D eigenvalue weighted by atomic mass is 9.94. The van der Waals surface area contributed by atoms with Gasteiger partial charge in [0.05, 0.1) is 0 Å². The molecule has 0 spiro atoms. The molecule has 3 rings (SSSR count). The van der Waals surface area contributed by atoms with Crippen LogP contribution in [0.15, 0.2) is 24.3 Å². The normalized spacial score (nSPS) is 21.2. The van der Waals surface area contributed by atoms with Crippen LogP contribution in [0.5, 0.6) is 0 Å². The lowest BCUT2D eigenvalue weighted by molar-refractivity contribution is -0.138. The van der Waals surface area contributed by atoms with E-state index in [9.17, 15) is 9.18 Å². The van der Waals surface area contributed by atoms with Gasteiger partial charge in [-0.15, -0.1) is 0 Å². The Morgan fingerprint density at radius 2 is 1.71 bits per heavy atom. The number of likely N-dealkylation sites (tertiary alicyclic amines) is 1. The number of piperazine rings is 1. The lowest BCUT2D eigenvalue weighted by Crippen LogP contribution is -2.51. The Balaban J connectivity index is 1.46. The highest BCUT2D eigenvalue weighted by Crippen LogP contribution is 2.22. The smallest absolute Gasteiger partial charge is 0.225 e. The molecule has 0 atom stereocenters. The molecule has 0 radical (unpaired) electrons. The summed E-state index contributed by atoms with van der Waals surface area (Å²) in [6.45, 7) is 9.34. The van der Waals surface area contributed by atoms with Gasteiger partial charge in [-0.05, 0) is 38.5 Å². The second-order valence-corrected chi connectivity index (χ2v) is 6.90. The number of benzene rings is 1. The van der Waals surface area contributed by atoms with Gasteiger partial charge in [-0.25, -0.2) is 4.39 Å². The third-order valence-electron chi connectivity index (χ3n) is 5.42. The molecule has 0 saturated carbocycles. The van der Waals surface area contributed by atoms with E-state index in [1.807, 2.05) is 17.0 Å². The molecule has 24 heavy (non-hydrogen) atoms. The molecule has 2 fully saturated rings. The van der Waals surface area contributed by atoms with Gasteiger partial charge in [0.2, 0.25) is 5.91 Å². The van der Waals surface area contributed by atoms with E-state index < -0.39 is 0 Å². The zero-order valence-corrected chi connectivity index (χ0v) is 14.6. The van der Waals surface area contributed by atoms with Crippen molar-refractivity contribution in [2.75, 3.05) is 45.8 Å². The molecule has 0 aromatic heterocycles. The van der Waals surface area contributed by atoms with Crippen molar-refractivity contribution >= 4 is 5.91 Å². The monoisotopic (exact) mass is 333 g/mol. The molecular weight excluding hydrogens is 305 g/mol. The van der Waals surface area contributed by atoms with Crippen LogP contribution in [0, 0.1) is 11.7 Å². The second-order valence-electron chi connectivity index (χ2n) is 6.90. The van der Waals surface area contributed by atoms with Crippen LogP contribution in [0.25, 0.3) is 0 Å². The molecule has 2 aliphatic rings. The number of halogens is 1. The highest BCUT2D eigenvalue weighted by Gasteiger charge is 2.30. The Kier molecular flexibility index (Phi) is 5.85. The Morgan fingerprint density at radius 3 is 2.33 bits per heavy atom. The summed E-state index contributed by atoms with van der Waals surface area (Å²) in [7, 11) is 0. The van der Waals surface area contributed by atoms with Crippen LogP contribution < -0.4 is 0 Å². The molecule has 1 aromatic carbocycles. The molecule has 1 amide bonds. The summed E-state index contributed by atoms with van der Waals surface area (Å²) in [6, 6.07) is 6.97. The number of carbonyl (C=O) groups is 1. The third-order valence-corrected chi connectivity index (χ3v) is 5.42. The van der Waals surface area contributed by atoms with Gasteiger partial charge in [-0.3, -0.25) is 9.69 Å². The quantitative estimate of drug-likeness (QED) is 0.845. The SMILES string of the molecule is CCN1CCN(C(=O)C2CCN(Cc3ccccc3F)CC2)CC1. The van der Waals surface area contributed by atoms with E-state index in [0.717, 1.165) is 64.2 Å². The first kappa shape index (κ1) is 17.4. The summed E-state index contributed by atoms with van der Waals surface area (Å²) in [4.78, 5) is 19.4. The van der Waals surface area contributed by atoms with Crippen LogP contribution in [0.2, 0.25) is 0 Å². The van der Waals surface area contributed by atoms with E-state index >= 15 is 0 Å². The Labute approximate surface area is 144 Å². The minimum atomic E-state index is -0.135. The highest BCUT2D eigenvalue weighted by molar-refractivity contribution is 5.79. The van der Waals surface area contributed by atoms with Crippen molar-refractivity contribution in [2.45, 2.75) is 26.3 Å². The van der Waals surface area contributed by atoms with Crippen molar-refractivity contribution in [3.05, 3.63) is 35.6 Å². The number of likely N-dealkylation sites (N-methyl/N-ethyl adjacent to an activating group) is 1. The van der Waals surface area contributed by atoms with Crippen molar-refractivity contribution in [1.82, 2.24) is 14.7 Å². The predicted octanol–water partition coefficient (Wildman–Crippen LogP) is 2.20. The molecule has 5 heteroatoms. The van der Waals surface area contributed by atoms with Crippen molar-refractivity contribution in [3.63, 3.8) is 0 Å². The topological polar surface area (TPSA) is 26.8 Å². The van der Waals surface area contributed by atoms with Crippen LogP contribution in [-0.4, -0.2) is 66.4 Å². The first-order valence-corrected chi connectivity index (χ1v) is 9.14. The summed E-state index contributed by atoms with van der Waals surface area (Å²) < 4.78 is 13.8. The Bertz CT molecular complexity index is 549. The Morgan fingerprint density at radius 1 is 1.04 bits per heavy atom. The summed E-state index contributed by atoms with van der Waals surface area (Å²) in [5.41, 5.74) is 0.748. The van der Waals surface area contributed by atoms with Crippen LogP contribution >= 0.6 is 0 Å². The van der Waals surface area contributed by atoms with Crippen LogP contribution in [-0.2, 0) is 11.3 Å². The molecule has 0 N–H and O–H groups in total. The molecule has 132 valence electrons. The van der Waals surface area contributed by atoms with E-state index in [2.05, 4.69) is 16.7 Å². The minimum Gasteiger partial charge on any atom is -0.340 e. The number of amides is 1. The van der Waals surface area contributed by atoms with Gasteiger partial charge in [0.1, 0.15) is 5.82 Å². The van der Waals surface area contributed by atoms with Gasteiger partial charge in [0, 0.05) is 44.2 Å². The minimum absolute atomic E-state index is 0.135. The predicted molar refractivity (Wildman–Crippen MR) is 93.1 cm³/mol.